The van der Waals surface area contributed by atoms with Crippen LogP contribution in [0.15, 0.2) is 89.4 Å². The molecule has 4 rings (SSSR count). The van der Waals surface area contributed by atoms with Gasteiger partial charge in [0, 0.05) is 30.1 Å². The molecule has 0 aliphatic carbocycles. The smallest absolute Gasteiger partial charge is 0.261 e. The van der Waals surface area contributed by atoms with Crippen LogP contribution < -0.4 is 10.1 Å². The molecule has 0 heterocycles. The zero-order valence-corrected chi connectivity index (χ0v) is 23.2. The Morgan fingerprint density at radius 1 is 0.973 bits per heavy atom. The van der Waals surface area contributed by atoms with E-state index in [1.807, 2.05) is 66.7 Å². The second-order valence-corrected chi connectivity index (χ2v) is 10.1. The fraction of sp³-hybridized carbons (Fsp3) is 0.172. The molecule has 37 heavy (non-hydrogen) atoms. The van der Waals surface area contributed by atoms with Gasteiger partial charge in [-0.05, 0) is 56.0 Å². The van der Waals surface area contributed by atoms with Crippen LogP contribution in [0.1, 0.15) is 11.1 Å². The van der Waals surface area contributed by atoms with Crippen LogP contribution in [0.3, 0.4) is 0 Å². The van der Waals surface area contributed by atoms with Gasteiger partial charge in [0.1, 0.15) is 11.8 Å². The van der Waals surface area contributed by atoms with Gasteiger partial charge in [-0.2, -0.15) is 0 Å². The molecule has 0 bridgehead atoms. The third-order valence-corrected chi connectivity index (χ3v) is 7.46. The van der Waals surface area contributed by atoms with E-state index < -0.39 is 6.04 Å². The predicted molar refractivity (Wildman–Crippen MR) is 152 cm³/mol. The van der Waals surface area contributed by atoms with Crippen molar-refractivity contribution in [3.63, 3.8) is 0 Å². The van der Waals surface area contributed by atoms with Crippen LogP contribution in [0.5, 0.6) is 5.75 Å². The Morgan fingerprint density at radius 3 is 2.43 bits per heavy atom. The van der Waals surface area contributed by atoms with Gasteiger partial charge < -0.3 is 15.0 Å². The number of nitrogens with one attached hydrogen (secondary N) is 1. The van der Waals surface area contributed by atoms with Crippen molar-refractivity contribution in [3.05, 3.63) is 111 Å². The molecule has 0 aromatic heterocycles. The Bertz CT molecular complexity index is 1420. The molecule has 4 aromatic rings. The quantitative estimate of drug-likeness (QED) is 0.234. The van der Waals surface area contributed by atoms with Crippen molar-refractivity contribution in [3.8, 4) is 5.75 Å². The summed E-state index contributed by atoms with van der Waals surface area (Å²) in [6.07, 6.45) is 0.330. The van der Waals surface area contributed by atoms with Gasteiger partial charge >= 0.3 is 0 Å². The molecule has 4 aromatic carbocycles. The standard InChI is InChI=1S/C29H25BrCl2N2O3/c1-33-29(36)25(15-19-7-3-2-4-8-19)34(17-21-11-13-22(31)16-24(21)32)27(35)18-37-26-14-12-20-9-5-6-10-23(20)28(26)30/h2-14,16,25H,15,17-18H2,1H3,(H,33,36). The van der Waals surface area contributed by atoms with Gasteiger partial charge in [0.2, 0.25) is 5.91 Å². The summed E-state index contributed by atoms with van der Waals surface area (Å²) >= 11 is 16.1. The zero-order valence-electron chi connectivity index (χ0n) is 20.1. The molecule has 1 N–H and O–H groups in total. The van der Waals surface area contributed by atoms with Gasteiger partial charge in [-0.3, -0.25) is 9.59 Å². The number of carbonyl (C=O) groups excluding carboxylic acids is 2. The lowest BCUT2D eigenvalue weighted by molar-refractivity contribution is -0.142. The number of nitrogens with zero attached hydrogens (tertiary/aromatic N) is 1. The largest absolute Gasteiger partial charge is 0.483 e. The van der Waals surface area contributed by atoms with Crippen molar-refractivity contribution in [2.75, 3.05) is 13.7 Å². The first-order chi connectivity index (χ1) is 17.9. The number of carbonyl (C=O) groups is 2. The van der Waals surface area contributed by atoms with Crippen LogP contribution in [0.2, 0.25) is 10.0 Å². The van der Waals surface area contributed by atoms with Crippen molar-refractivity contribution < 1.29 is 14.3 Å². The molecule has 0 fully saturated rings. The third-order valence-electron chi connectivity index (χ3n) is 6.05. The SMILES string of the molecule is CNC(=O)C(Cc1ccccc1)N(Cc1ccc(Cl)cc1Cl)C(=O)COc1ccc2ccccc2c1Br. The highest BCUT2D eigenvalue weighted by atomic mass is 79.9. The van der Waals surface area contributed by atoms with Crippen molar-refractivity contribution in [1.29, 1.82) is 0 Å². The number of halogens is 3. The summed E-state index contributed by atoms with van der Waals surface area (Å²) in [5, 5.41) is 5.63. The number of rotatable bonds is 9. The lowest BCUT2D eigenvalue weighted by atomic mass is 10.0. The number of ether oxygens (including phenoxy) is 1. The van der Waals surface area contributed by atoms with Crippen LogP contribution in [0, 0.1) is 0 Å². The monoisotopic (exact) mass is 598 g/mol. The maximum absolute atomic E-state index is 13.7. The highest BCUT2D eigenvalue weighted by Crippen LogP contribution is 2.33. The number of hydrogen-bond acceptors (Lipinski definition) is 3. The zero-order chi connectivity index (χ0) is 26.4. The van der Waals surface area contributed by atoms with Gasteiger partial charge in [-0.1, -0.05) is 89.9 Å². The third kappa shape index (κ3) is 6.63. The summed E-state index contributed by atoms with van der Waals surface area (Å²) < 4.78 is 6.73. The number of likely N-dealkylation sites (N-methyl/N-ethyl adjacent to an activating group) is 1. The van der Waals surface area contributed by atoms with Crippen molar-refractivity contribution in [1.82, 2.24) is 10.2 Å². The summed E-state index contributed by atoms with van der Waals surface area (Å²) in [6, 6.07) is 25.5. The highest BCUT2D eigenvalue weighted by molar-refractivity contribution is 9.10. The normalized spacial score (nSPS) is 11.7. The molecule has 2 amide bonds. The van der Waals surface area contributed by atoms with Crippen LogP contribution in [0.4, 0.5) is 0 Å². The predicted octanol–water partition coefficient (Wildman–Crippen LogP) is 6.67. The van der Waals surface area contributed by atoms with Crippen molar-refractivity contribution in [2.24, 2.45) is 0 Å². The van der Waals surface area contributed by atoms with Crippen LogP contribution in [-0.4, -0.2) is 36.4 Å². The minimum Gasteiger partial charge on any atom is -0.483 e. The Labute approximate surface area is 234 Å². The van der Waals surface area contributed by atoms with Gasteiger partial charge in [0.05, 0.1) is 4.47 Å². The topological polar surface area (TPSA) is 58.6 Å². The van der Waals surface area contributed by atoms with E-state index in [-0.39, 0.29) is 25.0 Å². The Kier molecular flexibility index (Phi) is 9.09. The minimum atomic E-state index is -0.782. The number of fused-ring (bicyclic) bond motifs is 1. The molecular weight excluding hydrogens is 575 g/mol. The highest BCUT2D eigenvalue weighted by Gasteiger charge is 2.30. The van der Waals surface area contributed by atoms with Gasteiger partial charge in [0.25, 0.3) is 5.91 Å². The average Bonchev–Trinajstić information content (AvgIpc) is 2.91. The van der Waals surface area contributed by atoms with E-state index >= 15 is 0 Å². The molecule has 0 aliphatic rings. The van der Waals surface area contributed by atoms with E-state index in [9.17, 15) is 9.59 Å². The molecule has 5 nitrogen and oxygen atoms in total. The van der Waals surface area contributed by atoms with Crippen LogP contribution in [0.25, 0.3) is 10.8 Å². The van der Waals surface area contributed by atoms with Gasteiger partial charge in [0.15, 0.2) is 6.61 Å². The summed E-state index contributed by atoms with van der Waals surface area (Å²) in [5.41, 5.74) is 1.60. The van der Waals surface area contributed by atoms with Gasteiger partial charge in [-0.15, -0.1) is 0 Å². The summed E-state index contributed by atoms with van der Waals surface area (Å²) in [7, 11) is 1.56. The van der Waals surface area contributed by atoms with E-state index in [0.717, 1.165) is 20.8 Å². The molecule has 0 aliphatic heterocycles. The van der Waals surface area contributed by atoms with E-state index in [4.69, 9.17) is 27.9 Å². The molecule has 0 saturated heterocycles. The summed E-state index contributed by atoms with van der Waals surface area (Å²) in [5.74, 6) is -0.0964. The van der Waals surface area contributed by atoms with E-state index in [1.165, 1.54) is 4.90 Å². The maximum atomic E-state index is 13.7. The average molecular weight is 600 g/mol. The molecule has 0 radical (unpaired) electrons. The first-order valence-electron chi connectivity index (χ1n) is 11.7. The molecule has 0 spiro atoms. The lowest BCUT2D eigenvalue weighted by Gasteiger charge is -2.31. The van der Waals surface area contributed by atoms with E-state index in [2.05, 4.69) is 21.2 Å². The summed E-state index contributed by atoms with van der Waals surface area (Å²) in [6.45, 7) is -0.146. The fourth-order valence-corrected chi connectivity index (χ4v) is 5.18. The second-order valence-electron chi connectivity index (χ2n) is 8.46. The molecule has 0 saturated carbocycles. The molecular formula is C29H25BrCl2N2O3. The van der Waals surface area contributed by atoms with Crippen molar-refractivity contribution >= 4 is 61.7 Å². The fourth-order valence-electron chi connectivity index (χ4n) is 4.10. The molecule has 1 atom stereocenters. The van der Waals surface area contributed by atoms with E-state index in [0.29, 0.717) is 27.8 Å². The molecule has 190 valence electrons. The lowest BCUT2D eigenvalue weighted by Crippen LogP contribution is -2.51. The Balaban J connectivity index is 1.64. The Morgan fingerprint density at radius 2 is 1.70 bits per heavy atom. The van der Waals surface area contributed by atoms with E-state index in [1.54, 1.807) is 25.2 Å². The summed E-state index contributed by atoms with van der Waals surface area (Å²) in [4.78, 5) is 28.2. The molecule has 1 unspecified atom stereocenters. The van der Waals surface area contributed by atoms with Gasteiger partial charge in [-0.25, -0.2) is 0 Å². The number of amides is 2. The number of hydrogen-bond donors (Lipinski definition) is 1. The first-order valence-corrected chi connectivity index (χ1v) is 13.2. The first kappa shape index (κ1) is 27.0. The second kappa shape index (κ2) is 12.5. The van der Waals surface area contributed by atoms with Crippen LogP contribution >= 0.6 is 39.1 Å². The maximum Gasteiger partial charge on any atom is 0.261 e. The molecule has 8 heteroatoms. The number of benzene rings is 4. The van der Waals surface area contributed by atoms with Crippen molar-refractivity contribution in [2.45, 2.75) is 19.0 Å². The Hall–Kier alpha value is -3.06. The van der Waals surface area contributed by atoms with Crippen LogP contribution in [-0.2, 0) is 22.6 Å². The minimum absolute atomic E-state index is 0.113.